The minimum Gasteiger partial charge on any atom is -0.344 e. The van der Waals surface area contributed by atoms with Crippen LogP contribution >= 0.6 is 27.5 Å². The Morgan fingerprint density at radius 2 is 2.22 bits per heavy atom. The molecule has 1 N–H and O–H groups in total. The maximum Gasteiger partial charge on any atom is 0.252 e. The quantitative estimate of drug-likeness (QED) is 0.902. The summed E-state index contributed by atoms with van der Waals surface area (Å²) in [6.45, 7) is 0.670. The first-order valence-electron chi connectivity index (χ1n) is 5.49. The SMILES string of the molecule is CN1CCC(NC(=O)c2cc(Cl)cc(Br)c2)C1=O. The molecule has 0 aliphatic carbocycles. The van der Waals surface area contributed by atoms with Crippen molar-refractivity contribution < 1.29 is 9.59 Å². The van der Waals surface area contributed by atoms with E-state index in [1.807, 2.05) is 0 Å². The Morgan fingerprint density at radius 3 is 2.78 bits per heavy atom. The molecule has 0 aromatic heterocycles. The van der Waals surface area contributed by atoms with E-state index in [0.29, 0.717) is 23.6 Å². The number of carbonyl (C=O) groups excluding carboxylic acids is 2. The van der Waals surface area contributed by atoms with Gasteiger partial charge in [-0.2, -0.15) is 0 Å². The summed E-state index contributed by atoms with van der Waals surface area (Å²) in [6.07, 6.45) is 0.642. The van der Waals surface area contributed by atoms with E-state index in [2.05, 4.69) is 21.2 Å². The lowest BCUT2D eigenvalue weighted by atomic mass is 10.2. The number of likely N-dealkylation sites (tertiary alicyclic amines) is 1. The van der Waals surface area contributed by atoms with E-state index in [9.17, 15) is 9.59 Å². The molecule has 1 saturated heterocycles. The second kappa shape index (κ2) is 5.28. The molecule has 4 nitrogen and oxygen atoms in total. The van der Waals surface area contributed by atoms with Crippen molar-refractivity contribution in [1.82, 2.24) is 10.2 Å². The molecule has 96 valence electrons. The molecule has 1 unspecified atom stereocenters. The fraction of sp³-hybridized carbons (Fsp3) is 0.333. The zero-order chi connectivity index (χ0) is 13.3. The van der Waals surface area contributed by atoms with Gasteiger partial charge in [0, 0.05) is 28.7 Å². The van der Waals surface area contributed by atoms with E-state index in [1.54, 1.807) is 30.1 Å². The zero-order valence-corrected chi connectivity index (χ0v) is 12.1. The van der Waals surface area contributed by atoms with E-state index >= 15 is 0 Å². The van der Waals surface area contributed by atoms with E-state index < -0.39 is 6.04 Å². The molecule has 1 heterocycles. The largest absolute Gasteiger partial charge is 0.344 e. The number of likely N-dealkylation sites (N-methyl/N-ethyl adjacent to an activating group) is 1. The van der Waals surface area contributed by atoms with Gasteiger partial charge in [-0.25, -0.2) is 0 Å². The number of hydrogen-bond donors (Lipinski definition) is 1. The van der Waals surface area contributed by atoms with E-state index in [4.69, 9.17) is 11.6 Å². The van der Waals surface area contributed by atoms with Crippen molar-refractivity contribution in [2.75, 3.05) is 13.6 Å². The Hall–Kier alpha value is -1.07. The molecule has 1 aromatic carbocycles. The number of benzene rings is 1. The predicted octanol–water partition coefficient (Wildman–Crippen LogP) is 2.06. The highest BCUT2D eigenvalue weighted by Gasteiger charge is 2.30. The summed E-state index contributed by atoms with van der Waals surface area (Å²) in [5.74, 6) is -0.337. The zero-order valence-electron chi connectivity index (χ0n) is 9.74. The van der Waals surface area contributed by atoms with E-state index in [0.717, 1.165) is 4.47 Å². The van der Waals surface area contributed by atoms with Gasteiger partial charge < -0.3 is 10.2 Å². The lowest BCUT2D eigenvalue weighted by Gasteiger charge is -2.12. The van der Waals surface area contributed by atoms with Crippen LogP contribution in [0.4, 0.5) is 0 Å². The molecule has 1 aromatic rings. The molecule has 2 amide bonds. The normalized spacial score (nSPS) is 19.2. The third kappa shape index (κ3) is 2.84. The number of nitrogens with zero attached hydrogens (tertiary/aromatic N) is 1. The fourth-order valence-electron chi connectivity index (χ4n) is 1.88. The molecular formula is C12H12BrClN2O2. The van der Waals surface area contributed by atoms with E-state index in [1.165, 1.54) is 0 Å². The summed E-state index contributed by atoms with van der Waals surface area (Å²) < 4.78 is 0.731. The first-order chi connectivity index (χ1) is 8.47. The molecule has 1 fully saturated rings. The van der Waals surface area contributed by atoms with Crippen molar-refractivity contribution in [3.05, 3.63) is 33.3 Å². The maximum absolute atomic E-state index is 12.0. The van der Waals surface area contributed by atoms with Crippen LogP contribution in [0.1, 0.15) is 16.8 Å². The summed E-state index contributed by atoms with van der Waals surface area (Å²) >= 11 is 9.15. The smallest absolute Gasteiger partial charge is 0.252 e. The Kier molecular flexibility index (Phi) is 3.92. The Balaban J connectivity index is 2.10. The highest BCUT2D eigenvalue weighted by molar-refractivity contribution is 9.10. The van der Waals surface area contributed by atoms with Crippen LogP contribution in [0.25, 0.3) is 0 Å². The monoisotopic (exact) mass is 330 g/mol. The minimum atomic E-state index is -0.430. The molecule has 18 heavy (non-hydrogen) atoms. The van der Waals surface area contributed by atoms with Crippen LogP contribution in [-0.2, 0) is 4.79 Å². The number of hydrogen-bond acceptors (Lipinski definition) is 2. The van der Waals surface area contributed by atoms with Crippen molar-refractivity contribution in [2.45, 2.75) is 12.5 Å². The Bertz CT molecular complexity index is 487. The third-order valence-corrected chi connectivity index (χ3v) is 3.53. The molecule has 2 rings (SSSR count). The molecule has 1 aliphatic rings. The van der Waals surface area contributed by atoms with Crippen LogP contribution in [-0.4, -0.2) is 36.3 Å². The first kappa shape index (κ1) is 13.4. The van der Waals surface area contributed by atoms with E-state index in [-0.39, 0.29) is 11.8 Å². The lowest BCUT2D eigenvalue weighted by molar-refractivity contribution is -0.128. The lowest BCUT2D eigenvalue weighted by Crippen LogP contribution is -2.40. The van der Waals surface area contributed by atoms with Gasteiger partial charge >= 0.3 is 0 Å². The molecule has 0 spiro atoms. The average Bonchev–Trinajstić information content (AvgIpc) is 2.59. The van der Waals surface area contributed by atoms with Gasteiger partial charge in [-0.1, -0.05) is 27.5 Å². The average molecular weight is 332 g/mol. The van der Waals surface area contributed by atoms with Crippen molar-refractivity contribution in [1.29, 1.82) is 0 Å². The van der Waals surface area contributed by atoms with Crippen molar-refractivity contribution >= 4 is 39.3 Å². The van der Waals surface area contributed by atoms with Gasteiger partial charge in [-0.15, -0.1) is 0 Å². The molecule has 6 heteroatoms. The summed E-state index contributed by atoms with van der Waals surface area (Å²) in [5, 5.41) is 3.20. The molecule has 0 bridgehead atoms. The molecular weight excluding hydrogens is 320 g/mol. The van der Waals surface area contributed by atoms with Crippen molar-refractivity contribution in [2.24, 2.45) is 0 Å². The number of amides is 2. The standard InChI is InChI=1S/C12H12BrClN2O2/c1-16-3-2-10(12(16)18)15-11(17)7-4-8(13)6-9(14)5-7/h4-6,10H,2-3H2,1H3,(H,15,17). The second-order valence-corrected chi connectivity index (χ2v) is 5.58. The fourth-order valence-corrected chi connectivity index (χ4v) is 2.74. The van der Waals surface area contributed by atoms with Crippen LogP contribution in [0.15, 0.2) is 22.7 Å². The van der Waals surface area contributed by atoms with Crippen molar-refractivity contribution in [3.63, 3.8) is 0 Å². The Morgan fingerprint density at radius 1 is 1.50 bits per heavy atom. The van der Waals surface area contributed by atoms with Gasteiger partial charge in [-0.3, -0.25) is 9.59 Å². The summed E-state index contributed by atoms with van der Waals surface area (Å²) in [4.78, 5) is 25.3. The highest BCUT2D eigenvalue weighted by atomic mass is 79.9. The van der Waals surface area contributed by atoms with Crippen molar-refractivity contribution in [3.8, 4) is 0 Å². The summed E-state index contributed by atoms with van der Waals surface area (Å²) in [7, 11) is 1.73. The highest BCUT2D eigenvalue weighted by Crippen LogP contribution is 2.20. The van der Waals surface area contributed by atoms with Crippen LogP contribution in [0.2, 0.25) is 5.02 Å². The van der Waals surface area contributed by atoms with Gasteiger partial charge in [0.15, 0.2) is 0 Å². The second-order valence-electron chi connectivity index (χ2n) is 4.23. The number of carbonyl (C=O) groups is 2. The summed E-state index contributed by atoms with van der Waals surface area (Å²) in [6, 6.07) is 4.52. The summed E-state index contributed by atoms with van der Waals surface area (Å²) in [5.41, 5.74) is 0.441. The predicted molar refractivity (Wildman–Crippen MR) is 72.7 cm³/mol. The van der Waals surface area contributed by atoms with Gasteiger partial charge in [0.2, 0.25) is 5.91 Å². The van der Waals surface area contributed by atoms with Crippen LogP contribution in [0.5, 0.6) is 0 Å². The number of rotatable bonds is 2. The molecule has 1 aliphatic heterocycles. The van der Waals surface area contributed by atoms with Gasteiger partial charge in [0.25, 0.3) is 5.91 Å². The molecule has 0 saturated carbocycles. The van der Waals surface area contributed by atoms with Gasteiger partial charge in [0.05, 0.1) is 0 Å². The van der Waals surface area contributed by atoms with Gasteiger partial charge in [-0.05, 0) is 24.6 Å². The Labute approximate surface area is 118 Å². The topological polar surface area (TPSA) is 49.4 Å². The number of halogens is 2. The molecule has 0 radical (unpaired) electrons. The maximum atomic E-state index is 12.0. The van der Waals surface area contributed by atoms with Gasteiger partial charge in [0.1, 0.15) is 6.04 Å². The minimum absolute atomic E-state index is 0.0514. The third-order valence-electron chi connectivity index (χ3n) is 2.86. The first-order valence-corrected chi connectivity index (χ1v) is 6.66. The number of nitrogens with one attached hydrogen (secondary N) is 1. The van der Waals surface area contributed by atoms with Crippen LogP contribution < -0.4 is 5.32 Å². The van der Waals surface area contributed by atoms with Crippen LogP contribution in [0.3, 0.4) is 0 Å². The molecule has 1 atom stereocenters. The van der Waals surface area contributed by atoms with Crippen LogP contribution in [0, 0.1) is 0 Å².